The van der Waals surface area contributed by atoms with Crippen molar-refractivity contribution < 1.29 is 14.7 Å². The topological polar surface area (TPSA) is 78.4 Å². The molecule has 2 unspecified atom stereocenters. The van der Waals surface area contributed by atoms with Crippen molar-refractivity contribution in [2.45, 2.75) is 11.5 Å². The number of carboxylic acids is 1. The SMILES string of the molecule is O=C(O)C1NCC2(CNc3ccccc32)C1=O. The summed E-state index contributed by atoms with van der Waals surface area (Å²) in [6.07, 6.45) is 0. The first-order valence-electron chi connectivity index (χ1n) is 5.49. The number of hydrogen-bond acceptors (Lipinski definition) is 4. The second-order valence-corrected chi connectivity index (χ2v) is 4.50. The number of aliphatic carboxylic acids is 1. The summed E-state index contributed by atoms with van der Waals surface area (Å²) < 4.78 is 0. The molecule has 0 radical (unpaired) electrons. The first-order chi connectivity index (χ1) is 8.15. The zero-order chi connectivity index (χ0) is 12.0. The highest BCUT2D eigenvalue weighted by Crippen LogP contribution is 2.40. The Morgan fingerprint density at radius 2 is 2.12 bits per heavy atom. The minimum Gasteiger partial charge on any atom is -0.480 e. The molecular weight excluding hydrogens is 220 g/mol. The van der Waals surface area contributed by atoms with Crippen molar-refractivity contribution in [1.82, 2.24) is 5.32 Å². The van der Waals surface area contributed by atoms with E-state index < -0.39 is 17.4 Å². The summed E-state index contributed by atoms with van der Waals surface area (Å²) in [5.41, 5.74) is 1.12. The third kappa shape index (κ3) is 1.23. The van der Waals surface area contributed by atoms with E-state index in [1.807, 2.05) is 24.3 Å². The van der Waals surface area contributed by atoms with Gasteiger partial charge in [-0.05, 0) is 11.6 Å². The molecule has 1 fully saturated rings. The number of benzene rings is 1. The number of ketones is 1. The van der Waals surface area contributed by atoms with Gasteiger partial charge in [0.2, 0.25) is 0 Å². The lowest BCUT2D eigenvalue weighted by Gasteiger charge is -2.20. The molecule has 0 aliphatic carbocycles. The molecule has 5 nitrogen and oxygen atoms in total. The Bertz CT molecular complexity index is 514. The van der Waals surface area contributed by atoms with Crippen LogP contribution in [0.25, 0.3) is 0 Å². The van der Waals surface area contributed by atoms with Gasteiger partial charge in [-0.15, -0.1) is 0 Å². The molecule has 5 heteroatoms. The van der Waals surface area contributed by atoms with Crippen molar-refractivity contribution >= 4 is 17.4 Å². The maximum Gasteiger partial charge on any atom is 0.328 e. The van der Waals surface area contributed by atoms with Crippen LogP contribution in [0.1, 0.15) is 5.56 Å². The standard InChI is InChI=1S/C12H12N2O3/c15-10-9(11(16)17)14-6-12(10)5-13-8-4-2-1-3-7(8)12/h1-4,9,13-14H,5-6H2,(H,16,17). The molecule has 88 valence electrons. The summed E-state index contributed by atoms with van der Waals surface area (Å²) in [4.78, 5) is 23.2. The maximum atomic E-state index is 12.3. The quantitative estimate of drug-likeness (QED) is 0.593. The summed E-state index contributed by atoms with van der Waals surface area (Å²) in [5, 5.41) is 14.9. The normalized spacial score (nSPS) is 30.4. The van der Waals surface area contributed by atoms with Gasteiger partial charge in [0, 0.05) is 18.8 Å². The minimum absolute atomic E-state index is 0.248. The van der Waals surface area contributed by atoms with E-state index in [0.29, 0.717) is 13.1 Å². The van der Waals surface area contributed by atoms with E-state index >= 15 is 0 Å². The monoisotopic (exact) mass is 232 g/mol. The van der Waals surface area contributed by atoms with Crippen LogP contribution in [0.2, 0.25) is 0 Å². The molecule has 2 aliphatic rings. The second-order valence-electron chi connectivity index (χ2n) is 4.50. The van der Waals surface area contributed by atoms with Crippen molar-refractivity contribution in [3.8, 4) is 0 Å². The van der Waals surface area contributed by atoms with E-state index in [0.717, 1.165) is 11.3 Å². The number of fused-ring (bicyclic) bond motifs is 2. The van der Waals surface area contributed by atoms with Crippen molar-refractivity contribution in [3.05, 3.63) is 29.8 Å². The van der Waals surface area contributed by atoms with Crippen LogP contribution in [0.4, 0.5) is 5.69 Å². The van der Waals surface area contributed by atoms with Crippen LogP contribution in [-0.4, -0.2) is 36.0 Å². The highest BCUT2D eigenvalue weighted by atomic mass is 16.4. The molecule has 2 aliphatic heterocycles. The predicted octanol–water partition coefficient (Wildman–Crippen LogP) is -0.0246. The lowest BCUT2D eigenvalue weighted by molar-refractivity contribution is -0.142. The Morgan fingerprint density at radius 1 is 1.35 bits per heavy atom. The maximum absolute atomic E-state index is 12.3. The van der Waals surface area contributed by atoms with Crippen LogP contribution in [0.15, 0.2) is 24.3 Å². The molecule has 1 saturated heterocycles. The number of carbonyl (C=O) groups is 2. The third-order valence-corrected chi connectivity index (χ3v) is 3.61. The number of carbonyl (C=O) groups excluding carboxylic acids is 1. The Labute approximate surface area is 97.8 Å². The third-order valence-electron chi connectivity index (χ3n) is 3.61. The average Bonchev–Trinajstić information content (AvgIpc) is 2.85. The Balaban J connectivity index is 2.06. The van der Waals surface area contributed by atoms with Gasteiger partial charge in [-0.1, -0.05) is 18.2 Å². The highest BCUT2D eigenvalue weighted by molar-refractivity contribution is 6.11. The van der Waals surface area contributed by atoms with E-state index in [1.54, 1.807) is 0 Å². The fraction of sp³-hybridized carbons (Fsp3) is 0.333. The Morgan fingerprint density at radius 3 is 2.82 bits per heavy atom. The fourth-order valence-corrected chi connectivity index (χ4v) is 2.71. The molecule has 0 amide bonds. The van der Waals surface area contributed by atoms with Gasteiger partial charge in [-0.25, -0.2) is 0 Å². The molecular formula is C12H12N2O3. The van der Waals surface area contributed by atoms with Gasteiger partial charge in [0.1, 0.15) is 0 Å². The van der Waals surface area contributed by atoms with Gasteiger partial charge in [0.05, 0.1) is 5.41 Å². The van der Waals surface area contributed by atoms with Crippen molar-refractivity contribution in [2.75, 3.05) is 18.4 Å². The van der Waals surface area contributed by atoms with Crippen LogP contribution < -0.4 is 10.6 Å². The largest absolute Gasteiger partial charge is 0.480 e. The summed E-state index contributed by atoms with van der Waals surface area (Å²) in [6.45, 7) is 0.856. The van der Waals surface area contributed by atoms with Gasteiger partial charge in [-0.3, -0.25) is 14.9 Å². The molecule has 17 heavy (non-hydrogen) atoms. The zero-order valence-electron chi connectivity index (χ0n) is 9.06. The van der Waals surface area contributed by atoms with Crippen molar-refractivity contribution in [2.24, 2.45) is 0 Å². The van der Waals surface area contributed by atoms with Crippen LogP contribution in [0, 0.1) is 0 Å². The Hall–Kier alpha value is -1.88. The van der Waals surface area contributed by atoms with E-state index in [1.165, 1.54) is 0 Å². The number of nitrogens with one attached hydrogen (secondary N) is 2. The van der Waals surface area contributed by atoms with Gasteiger partial charge in [0.25, 0.3) is 0 Å². The van der Waals surface area contributed by atoms with E-state index in [2.05, 4.69) is 10.6 Å². The molecule has 1 aromatic rings. The first kappa shape index (κ1) is 10.3. The minimum atomic E-state index is -1.10. The molecule has 2 atom stereocenters. The predicted molar refractivity (Wildman–Crippen MR) is 61.0 cm³/mol. The van der Waals surface area contributed by atoms with Gasteiger partial charge in [0.15, 0.2) is 11.8 Å². The summed E-state index contributed by atoms with van der Waals surface area (Å²) in [5.74, 6) is -1.35. The van der Waals surface area contributed by atoms with Gasteiger partial charge < -0.3 is 10.4 Å². The molecule has 1 aromatic carbocycles. The number of rotatable bonds is 1. The lowest BCUT2D eigenvalue weighted by Crippen LogP contribution is -2.41. The molecule has 0 saturated carbocycles. The lowest BCUT2D eigenvalue weighted by atomic mass is 9.79. The van der Waals surface area contributed by atoms with Crippen LogP contribution in [0.3, 0.4) is 0 Å². The summed E-state index contributed by atoms with van der Waals surface area (Å²) in [7, 11) is 0. The summed E-state index contributed by atoms with van der Waals surface area (Å²) >= 11 is 0. The van der Waals surface area contributed by atoms with Gasteiger partial charge >= 0.3 is 5.97 Å². The zero-order valence-corrected chi connectivity index (χ0v) is 9.06. The number of carboxylic acid groups (broad SMARTS) is 1. The van der Waals surface area contributed by atoms with E-state index in [4.69, 9.17) is 5.11 Å². The molecule has 0 bridgehead atoms. The Kier molecular flexibility index (Phi) is 2.00. The molecule has 3 rings (SSSR count). The fourth-order valence-electron chi connectivity index (χ4n) is 2.71. The molecule has 0 aromatic heterocycles. The molecule has 3 N–H and O–H groups in total. The highest BCUT2D eigenvalue weighted by Gasteiger charge is 2.54. The van der Waals surface area contributed by atoms with Crippen LogP contribution in [0.5, 0.6) is 0 Å². The number of hydrogen-bond donors (Lipinski definition) is 3. The smallest absolute Gasteiger partial charge is 0.328 e. The van der Waals surface area contributed by atoms with Crippen LogP contribution in [-0.2, 0) is 15.0 Å². The number of anilines is 1. The number of Topliss-reactive ketones (excluding diaryl/α,β-unsaturated/α-hetero) is 1. The van der Waals surface area contributed by atoms with Crippen LogP contribution >= 0.6 is 0 Å². The molecule has 1 spiro atoms. The van der Waals surface area contributed by atoms with E-state index in [-0.39, 0.29) is 5.78 Å². The number of para-hydroxylation sites is 1. The van der Waals surface area contributed by atoms with E-state index in [9.17, 15) is 9.59 Å². The van der Waals surface area contributed by atoms with Crippen molar-refractivity contribution in [1.29, 1.82) is 0 Å². The first-order valence-corrected chi connectivity index (χ1v) is 5.49. The average molecular weight is 232 g/mol. The second kappa shape index (κ2) is 3.30. The molecule has 2 heterocycles. The van der Waals surface area contributed by atoms with Crippen molar-refractivity contribution in [3.63, 3.8) is 0 Å². The summed E-state index contributed by atoms with van der Waals surface area (Å²) in [6, 6.07) is 6.48. The van der Waals surface area contributed by atoms with Gasteiger partial charge in [-0.2, -0.15) is 0 Å².